The van der Waals surface area contributed by atoms with Crippen LogP contribution in [0.5, 0.6) is 0 Å². The lowest BCUT2D eigenvalue weighted by Gasteiger charge is -2.18. The first-order valence-electron chi connectivity index (χ1n) is 6.56. The second kappa shape index (κ2) is 6.37. The standard InChI is InChI=1S/C14H22N2O3S/c1-4-20(18,19)12-8-6-5-7-11(12)16-13(17)9-10-14(2,3)15/h5-8H,4,9-10,15H2,1-3H3,(H,16,17). The number of nitrogens with one attached hydrogen (secondary N) is 1. The molecule has 0 saturated carbocycles. The summed E-state index contributed by atoms with van der Waals surface area (Å²) in [6, 6.07) is 6.42. The Labute approximate surface area is 120 Å². The molecule has 20 heavy (non-hydrogen) atoms. The van der Waals surface area contributed by atoms with Crippen LogP contribution in [0, 0.1) is 0 Å². The van der Waals surface area contributed by atoms with Gasteiger partial charge in [-0.3, -0.25) is 4.79 Å². The molecule has 0 saturated heterocycles. The van der Waals surface area contributed by atoms with Crippen molar-refractivity contribution in [2.24, 2.45) is 5.73 Å². The Balaban J connectivity index is 2.86. The van der Waals surface area contributed by atoms with E-state index in [1.807, 2.05) is 13.8 Å². The number of hydrogen-bond donors (Lipinski definition) is 2. The van der Waals surface area contributed by atoms with Gasteiger partial charge in [0.25, 0.3) is 0 Å². The number of sulfone groups is 1. The van der Waals surface area contributed by atoms with Crippen LogP contribution in [0.15, 0.2) is 29.2 Å². The fourth-order valence-corrected chi connectivity index (χ4v) is 2.70. The van der Waals surface area contributed by atoms with Gasteiger partial charge in [0, 0.05) is 12.0 Å². The highest BCUT2D eigenvalue weighted by Crippen LogP contribution is 2.22. The van der Waals surface area contributed by atoms with Crippen LogP contribution in [0.3, 0.4) is 0 Å². The lowest BCUT2D eigenvalue weighted by Crippen LogP contribution is -2.33. The highest BCUT2D eigenvalue weighted by molar-refractivity contribution is 7.91. The quantitative estimate of drug-likeness (QED) is 0.840. The van der Waals surface area contributed by atoms with Crippen LogP contribution >= 0.6 is 0 Å². The predicted molar refractivity (Wildman–Crippen MR) is 80.3 cm³/mol. The van der Waals surface area contributed by atoms with E-state index >= 15 is 0 Å². The fourth-order valence-electron chi connectivity index (χ4n) is 1.65. The van der Waals surface area contributed by atoms with E-state index in [-0.39, 0.29) is 23.0 Å². The van der Waals surface area contributed by atoms with Crippen LogP contribution in [-0.2, 0) is 14.6 Å². The molecule has 0 spiro atoms. The number of benzene rings is 1. The van der Waals surface area contributed by atoms with E-state index in [0.29, 0.717) is 12.1 Å². The average molecular weight is 298 g/mol. The van der Waals surface area contributed by atoms with Crippen molar-refractivity contribution in [1.29, 1.82) is 0 Å². The molecule has 0 aliphatic rings. The first-order valence-corrected chi connectivity index (χ1v) is 8.21. The molecule has 1 amide bonds. The van der Waals surface area contributed by atoms with Crippen molar-refractivity contribution in [3.05, 3.63) is 24.3 Å². The summed E-state index contributed by atoms with van der Waals surface area (Å²) in [5.41, 5.74) is 5.73. The monoisotopic (exact) mass is 298 g/mol. The van der Waals surface area contributed by atoms with Crippen LogP contribution < -0.4 is 11.1 Å². The van der Waals surface area contributed by atoms with Crippen LogP contribution in [0.4, 0.5) is 5.69 Å². The first-order chi connectivity index (χ1) is 9.15. The van der Waals surface area contributed by atoms with Gasteiger partial charge in [0.2, 0.25) is 5.91 Å². The van der Waals surface area contributed by atoms with Gasteiger partial charge in [-0.2, -0.15) is 0 Å². The topological polar surface area (TPSA) is 89.3 Å². The van der Waals surface area contributed by atoms with Gasteiger partial charge in [-0.25, -0.2) is 8.42 Å². The summed E-state index contributed by atoms with van der Waals surface area (Å²) >= 11 is 0. The Morgan fingerprint density at radius 1 is 1.30 bits per heavy atom. The van der Waals surface area contributed by atoms with Crippen molar-refractivity contribution in [3.63, 3.8) is 0 Å². The Bertz CT molecular complexity index is 574. The molecule has 0 aromatic heterocycles. The smallest absolute Gasteiger partial charge is 0.224 e. The molecule has 1 aromatic rings. The number of carbonyl (C=O) groups is 1. The van der Waals surface area contributed by atoms with Gasteiger partial charge in [0.15, 0.2) is 9.84 Å². The SMILES string of the molecule is CCS(=O)(=O)c1ccccc1NC(=O)CCC(C)(C)N. The van der Waals surface area contributed by atoms with E-state index in [1.165, 1.54) is 6.07 Å². The number of nitrogens with two attached hydrogens (primary N) is 1. The second-order valence-corrected chi connectivity index (χ2v) is 7.68. The largest absolute Gasteiger partial charge is 0.326 e. The second-order valence-electron chi connectivity index (χ2n) is 5.44. The van der Waals surface area contributed by atoms with E-state index in [1.54, 1.807) is 25.1 Å². The molecule has 1 aromatic carbocycles. The fraction of sp³-hybridized carbons (Fsp3) is 0.500. The maximum Gasteiger partial charge on any atom is 0.224 e. The zero-order valence-corrected chi connectivity index (χ0v) is 13.0. The lowest BCUT2D eigenvalue weighted by molar-refractivity contribution is -0.116. The summed E-state index contributed by atoms with van der Waals surface area (Å²) in [5.74, 6) is -0.238. The van der Waals surface area contributed by atoms with Crippen molar-refractivity contribution in [2.45, 2.75) is 44.0 Å². The molecule has 0 fully saturated rings. The minimum absolute atomic E-state index is 0.00425. The molecule has 0 unspecified atom stereocenters. The summed E-state index contributed by atoms with van der Waals surface area (Å²) in [5, 5.41) is 2.65. The summed E-state index contributed by atoms with van der Waals surface area (Å²) in [7, 11) is -3.36. The van der Waals surface area contributed by atoms with Gasteiger partial charge in [-0.1, -0.05) is 19.1 Å². The van der Waals surface area contributed by atoms with E-state index in [9.17, 15) is 13.2 Å². The summed E-state index contributed by atoms with van der Waals surface area (Å²) < 4.78 is 23.9. The summed E-state index contributed by atoms with van der Waals surface area (Å²) in [4.78, 5) is 12.0. The van der Waals surface area contributed by atoms with E-state index in [0.717, 1.165) is 0 Å². The molecule has 0 atom stereocenters. The van der Waals surface area contributed by atoms with Crippen molar-refractivity contribution in [1.82, 2.24) is 0 Å². The van der Waals surface area contributed by atoms with Gasteiger partial charge >= 0.3 is 0 Å². The van der Waals surface area contributed by atoms with Crippen molar-refractivity contribution in [3.8, 4) is 0 Å². The number of amides is 1. The molecule has 0 bridgehead atoms. The highest BCUT2D eigenvalue weighted by atomic mass is 32.2. The zero-order chi connectivity index (χ0) is 15.4. The Morgan fingerprint density at radius 2 is 1.90 bits per heavy atom. The van der Waals surface area contributed by atoms with E-state index in [4.69, 9.17) is 5.73 Å². The third kappa shape index (κ3) is 4.94. The number of anilines is 1. The number of para-hydroxylation sites is 1. The summed E-state index contributed by atoms with van der Waals surface area (Å²) in [6.07, 6.45) is 0.783. The Kier molecular flexibility index (Phi) is 5.30. The molecule has 1 rings (SSSR count). The van der Waals surface area contributed by atoms with Gasteiger partial charge in [0.05, 0.1) is 16.3 Å². The van der Waals surface area contributed by atoms with Crippen molar-refractivity contribution < 1.29 is 13.2 Å². The molecule has 6 heteroatoms. The zero-order valence-electron chi connectivity index (χ0n) is 12.1. The van der Waals surface area contributed by atoms with Gasteiger partial charge < -0.3 is 11.1 Å². The maximum atomic E-state index is 11.9. The highest BCUT2D eigenvalue weighted by Gasteiger charge is 2.18. The molecule has 0 aliphatic carbocycles. The van der Waals surface area contributed by atoms with Crippen LogP contribution in [0.1, 0.15) is 33.6 Å². The van der Waals surface area contributed by atoms with Gasteiger partial charge in [0.1, 0.15) is 0 Å². The Hall–Kier alpha value is -1.40. The van der Waals surface area contributed by atoms with Crippen molar-refractivity contribution >= 4 is 21.4 Å². The maximum absolute atomic E-state index is 11.9. The molecule has 0 aliphatic heterocycles. The van der Waals surface area contributed by atoms with Crippen LogP contribution in [0.25, 0.3) is 0 Å². The third-order valence-electron chi connectivity index (χ3n) is 2.87. The van der Waals surface area contributed by atoms with Crippen molar-refractivity contribution in [2.75, 3.05) is 11.1 Å². The van der Waals surface area contributed by atoms with E-state index in [2.05, 4.69) is 5.32 Å². The first kappa shape index (κ1) is 16.7. The van der Waals surface area contributed by atoms with Crippen LogP contribution in [-0.4, -0.2) is 25.6 Å². The van der Waals surface area contributed by atoms with Gasteiger partial charge in [-0.15, -0.1) is 0 Å². The third-order valence-corrected chi connectivity index (χ3v) is 4.66. The number of rotatable bonds is 6. The average Bonchev–Trinajstić information content (AvgIpc) is 2.36. The Morgan fingerprint density at radius 3 is 2.45 bits per heavy atom. The van der Waals surface area contributed by atoms with Crippen LogP contribution in [0.2, 0.25) is 0 Å². The lowest BCUT2D eigenvalue weighted by atomic mass is 10.00. The van der Waals surface area contributed by atoms with E-state index < -0.39 is 15.4 Å². The minimum atomic E-state index is -3.36. The molecule has 3 N–H and O–H groups in total. The predicted octanol–water partition coefficient (Wildman–Crippen LogP) is 1.94. The molecule has 0 radical (unpaired) electrons. The minimum Gasteiger partial charge on any atom is -0.326 e. The number of carbonyl (C=O) groups excluding carboxylic acids is 1. The molecule has 5 nitrogen and oxygen atoms in total. The molecular formula is C14H22N2O3S. The molecular weight excluding hydrogens is 276 g/mol. The summed E-state index contributed by atoms with van der Waals surface area (Å²) in [6.45, 7) is 5.26. The molecule has 112 valence electrons. The molecule has 0 heterocycles. The number of hydrogen-bond acceptors (Lipinski definition) is 4. The normalized spacial score (nSPS) is 12.2. The van der Waals surface area contributed by atoms with Gasteiger partial charge in [-0.05, 0) is 32.4 Å².